The van der Waals surface area contributed by atoms with E-state index in [1.807, 2.05) is 0 Å². The van der Waals surface area contributed by atoms with E-state index in [0.717, 1.165) is 19.4 Å². The number of rotatable bonds is 7. The molecule has 1 saturated carbocycles. The Hall–Kier alpha value is -1.59. The number of hydrogen-bond acceptors (Lipinski definition) is 4. The molecular formula is C15H21NO4. The van der Waals surface area contributed by atoms with Crippen LogP contribution < -0.4 is 10.1 Å². The number of methoxy groups -OCH3 is 1. The topological polar surface area (TPSA) is 67.8 Å². The molecule has 2 atom stereocenters. The molecule has 0 bridgehead atoms. The fourth-order valence-electron chi connectivity index (χ4n) is 2.57. The van der Waals surface area contributed by atoms with Gasteiger partial charge in [-0.05, 0) is 37.5 Å². The second kappa shape index (κ2) is 7.26. The quantitative estimate of drug-likeness (QED) is 0.746. The van der Waals surface area contributed by atoms with Gasteiger partial charge in [-0.1, -0.05) is 6.07 Å². The molecule has 1 aliphatic rings. The van der Waals surface area contributed by atoms with E-state index in [4.69, 9.17) is 14.6 Å². The molecule has 0 saturated heterocycles. The Morgan fingerprint density at radius 2 is 2.30 bits per heavy atom. The summed E-state index contributed by atoms with van der Waals surface area (Å²) < 4.78 is 11.0. The predicted octanol–water partition coefficient (Wildman–Crippen LogP) is 1.92. The molecular weight excluding hydrogens is 258 g/mol. The number of carboxylic acids is 1. The Morgan fingerprint density at radius 3 is 3.05 bits per heavy atom. The van der Waals surface area contributed by atoms with Crippen LogP contribution in [0.3, 0.4) is 0 Å². The summed E-state index contributed by atoms with van der Waals surface area (Å²) in [6.45, 7) is 1.23. The second-order valence-corrected chi connectivity index (χ2v) is 4.95. The summed E-state index contributed by atoms with van der Waals surface area (Å²) in [5.41, 5.74) is 0.241. The summed E-state index contributed by atoms with van der Waals surface area (Å²) in [5, 5.41) is 12.3. The summed E-state index contributed by atoms with van der Waals surface area (Å²) in [6.07, 6.45) is 3.73. The lowest BCUT2D eigenvalue weighted by molar-refractivity contribution is 0.0696. The molecule has 0 heterocycles. The number of benzene rings is 1. The van der Waals surface area contributed by atoms with Crippen molar-refractivity contribution in [1.82, 2.24) is 5.32 Å². The van der Waals surface area contributed by atoms with Gasteiger partial charge in [-0.3, -0.25) is 0 Å². The summed E-state index contributed by atoms with van der Waals surface area (Å²) >= 11 is 0. The van der Waals surface area contributed by atoms with Crippen LogP contribution in [-0.4, -0.2) is 43.5 Å². The Morgan fingerprint density at radius 1 is 1.45 bits per heavy atom. The Kier molecular flexibility index (Phi) is 5.38. The zero-order valence-corrected chi connectivity index (χ0v) is 11.7. The maximum absolute atomic E-state index is 10.8. The van der Waals surface area contributed by atoms with Crippen LogP contribution in [0.25, 0.3) is 0 Å². The third kappa shape index (κ3) is 3.95. The third-order valence-electron chi connectivity index (χ3n) is 3.61. The Labute approximate surface area is 118 Å². The zero-order valence-electron chi connectivity index (χ0n) is 11.7. The van der Waals surface area contributed by atoms with Crippen molar-refractivity contribution in [3.05, 3.63) is 29.8 Å². The average Bonchev–Trinajstić information content (AvgIpc) is 2.91. The average molecular weight is 279 g/mol. The molecule has 2 N–H and O–H groups in total. The van der Waals surface area contributed by atoms with Gasteiger partial charge in [0.2, 0.25) is 0 Å². The van der Waals surface area contributed by atoms with Crippen molar-refractivity contribution in [2.75, 3.05) is 20.3 Å². The van der Waals surface area contributed by atoms with E-state index < -0.39 is 5.97 Å². The van der Waals surface area contributed by atoms with E-state index in [1.54, 1.807) is 25.3 Å². The van der Waals surface area contributed by atoms with Gasteiger partial charge in [0, 0.05) is 19.7 Å². The minimum atomic E-state index is -0.942. The molecule has 5 nitrogen and oxygen atoms in total. The van der Waals surface area contributed by atoms with Gasteiger partial charge >= 0.3 is 5.97 Å². The highest BCUT2D eigenvalue weighted by atomic mass is 16.5. The minimum absolute atomic E-state index is 0.241. The van der Waals surface area contributed by atoms with Crippen LogP contribution >= 0.6 is 0 Å². The maximum atomic E-state index is 10.8. The molecule has 0 aromatic heterocycles. The van der Waals surface area contributed by atoms with Gasteiger partial charge in [0.1, 0.15) is 12.4 Å². The number of nitrogens with one attached hydrogen (secondary N) is 1. The van der Waals surface area contributed by atoms with E-state index in [-0.39, 0.29) is 5.56 Å². The Balaban J connectivity index is 1.73. The molecule has 2 rings (SSSR count). The molecule has 1 aromatic rings. The summed E-state index contributed by atoms with van der Waals surface area (Å²) in [4.78, 5) is 10.8. The maximum Gasteiger partial charge on any atom is 0.335 e. The van der Waals surface area contributed by atoms with Crippen molar-refractivity contribution < 1.29 is 19.4 Å². The van der Waals surface area contributed by atoms with E-state index in [0.29, 0.717) is 24.5 Å². The number of aromatic carboxylic acids is 1. The van der Waals surface area contributed by atoms with Crippen LogP contribution in [0.1, 0.15) is 29.6 Å². The normalized spacial score (nSPS) is 21.9. The number of ether oxygens (including phenoxy) is 2. The highest BCUT2D eigenvalue weighted by molar-refractivity contribution is 5.87. The molecule has 5 heteroatoms. The summed E-state index contributed by atoms with van der Waals surface area (Å²) in [6, 6.07) is 6.93. The molecule has 0 aliphatic heterocycles. The summed E-state index contributed by atoms with van der Waals surface area (Å²) in [7, 11) is 1.75. The molecule has 1 fully saturated rings. The smallest absolute Gasteiger partial charge is 0.335 e. The first-order valence-electron chi connectivity index (χ1n) is 6.93. The van der Waals surface area contributed by atoms with Gasteiger partial charge in [0.15, 0.2) is 0 Å². The number of carboxylic acid groups (broad SMARTS) is 1. The lowest BCUT2D eigenvalue weighted by Gasteiger charge is -2.19. The van der Waals surface area contributed by atoms with Crippen LogP contribution in [-0.2, 0) is 4.74 Å². The van der Waals surface area contributed by atoms with Crippen LogP contribution in [0.2, 0.25) is 0 Å². The van der Waals surface area contributed by atoms with Crippen molar-refractivity contribution in [3.63, 3.8) is 0 Å². The number of carbonyl (C=O) groups is 1. The molecule has 110 valence electrons. The highest BCUT2D eigenvalue weighted by Gasteiger charge is 2.26. The van der Waals surface area contributed by atoms with Gasteiger partial charge in [0.25, 0.3) is 0 Å². The van der Waals surface area contributed by atoms with Gasteiger partial charge in [-0.2, -0.15) is 0 Å². The fourth-order valence-corrected chi connectivity index (χ4v) is 2.57. The molecule has 1 aliphatic carbocycles. The largest absolute Gasteiger partial charge is 0.492 e. The first-order valence-corrected chi connectivity index (χ1v) is 6.93. The standard InChI is InChI=1S/C15H21NO4/c1-19-14-7-3-6-13(14)16-8-9-20-12-5-2-4-11(10-12)15(17)18/h2,4-5,10,13-14,16H,3,6-9H2,1H3,(H,17,18). The van der Waals surface area contributed by atoms with Crippen molar-refractivity contribution in [2.24, 2.45) is 0 Å². The number of hydrogen-bond donors (Lipinski definition) is 2. The van der Waals surface area contributed by atoms with Gasteiger partial charge in [-0.15, -0.1) is 0 Å². The van der Waals surface area contributed by atoms with Crippen LogP contribution in [0.4, 0.5) is 0 Å². The van der Waals surface area contributed by atoms with Gasteiger partial charge in [0.05, 0.1) is 11.7 Å². The van der Waals surface area contributed by atoms with E-state index in [9.17, 15) is 4.79 Å². The van der Waals surface area contributed by atoms with E-state index in [1.165, 1.54) is 12.5 Å². The lowest BCUT2D eigenvalue weighted by Crippen LogP contribution is -2.38. The van der Waals surface area contributed by atoms with Crippen molar-refractivity contribution in [1.29, 1.82) is 0 Å². The molecule has 0 spiro atoms. The monoisotopic (exact) mass is 279 g/mol. The molecule has 2 unspecified atom stereocenters. The third-order valence-corrected chi connectivity index (χ3v) is 3.61. The molecule has 0 amide bonds. The van der Waals surface area contributed by atoms with Gasteiger partial charge in [-0.25, -0.2) is 4.79 Å². The second-order valence-electron chi connectivity index (χ2n) is 4.95. The highest BCUT2D eigenvalue weighted by Crippen LogP contribution is 2.21. The first kappa shape index (κ1) is 14.8. The lowest BCUT2D eigenvalue weighted by atomic mass is 10.2. The Bertz CT molecular complexity index is 449. The van der Waals surface area contributed by atoms with Crippen LogP contribution in [0.15, 0.2) is 24.3 Å². The molecule has 1 aromatic carbocycles. The van der Waals surface area contributed by atoms with Crippen LogP contribution in [0, 0.1) is 0 Å². The van der Waals surface area contributed by atoms with Crippen molar-refractivity contribution >= 4 is 5.97 Å². The summed E-state index contributed by atoms with van der Waals surface area (Å²) in [5.74, 6) is -0.358. The molecule has 20 heavy (non-hydrogen) atoms. The predicted molar refractivity (Wildman–Crippen MR) is 75.3 cm³/mol. The molecule has 0 radical (unpaired) electrons. The first-order chi connectivity index (χ1) is 9.70. The fraction of sp³-hybridized carbons (Fsp3) is 0.533. The van der Waals surface area contributed by atoms with Crippen LogP contribution in [0.5, 0.6) is 5.75 Å². The van der Waals surface area contributed by atoms with E-state index in [2.05, 4.69) is 5.32 Å². The minimum Gasteiger partial charge on any atom is -0.492 e. The zero-order chi connectivity index (χ0) is 14.4. The SMILES string of the molecule is COC1CCCC1NCCOc1cccc(C(=O)O)c1. The van der Waals surface area contributed by atoms with Gasteiger partial charge < -0.3 is 19.9 Å². The van der Waals surface area contributed by atoms with E-state index >= 15 is 0 Å². The van der Waals surface area contributed by atoms with Crippen molar-refractivity contribution in [2.45, 2.75) is 31.4 Å². The van der Waals surface area contributed by atoms with Crippen molar-refractivity contribution in [3.8, 4) is 5.75 Å².